The molecule has 1 aliphatic heterocycles. The van der Waals surface area contributed by atoms with Crippen LogP contribution in [0.4, 0.5) is 10.2 Å². The molecule has 1 aromatic heterocycles. The summed E-state index contributed by atoms with van der Waals surface area (Å²) in [4.78, 5) is 23.7. The van der Waals surface area contributed by atoms with Crippen molar-refractivity contribution in [1.82, 2.24) is 15.3 Å². The number of anilines is 1. The highest BCUT2D eigenvalue weighted by Gasteiger charge is 2.21. The average Bonchev–Trinajstić information content (AvgIpc) is 3.21. The lowest BCUT2D eigenvalue weighted by Gasteiger charge is -2.23. The molecular formula is C20H25FN4O2. The molecule has 2 aromatic rings. The van der Waals surface area contributed by atoms with Gasteiger partial charge in [0.05, 0.1) is 6.10 Å². The maximum atomic E-state index is 13.2. The molecule has 2 heterocycles. The molecule has 1 fully saturated rings. The Labute approximate surface area is 158 Å². The number of halogens is 1. The van der Waals surface area contributed by atoms with E-state index in [0.717, 1.165) is 19.4 Å². The van der Waals surface area contributed by atoms with Crippen molar-refractivity contribution in [1.29, 1.82) is 0 Å². The van der Waals surface area contributed by atoms with Crippen LogP contribution in [0.5, 0.6) is 0 Å². The van der Waals surface area contributed by atoms with E-state index < -0.39 is 0 Å². The lowest BCUT2D eigenvalue weighted by Crippen LogP contribution is -2.34. The van der Waals surface area contributed by atoms with E-state index in [1.54, 1.807) is 18.3 Å². The lowest BCUT2D eigenvalue weighted by atomic mass is 10.2. The summed E-state index contributed by atoms with van der Waals surface area (Å²) in [5.41, 5.74) is 1.14. The highest BCUT2D eigenvalue weighted by Crippen LogP contribution is 2.23. The summed E-state index contributed by atoms with van der Waals surface area (Å²) >= 11 is 0. The number of carbonyl (C=O) groups is 1. The van der Waals surface area contributed by atoms with Crippen LogP contribution in [-0.4, -0.2) is 48.2 Å². The number of hydrogen-bond donors (Lipinski definition) is 1. The number of nitrogens with one attached hydrogen (secondary N) is 1. The molecule has 0 aliphatic carbocycles. The van der Waals surface area contributed by atoms with E-state index in [0.29, 0.717) is 42.4 Å². The number of carbonyl (C=O) groups excluding carboxylic acids is 1. The number of benzene rings is 1. The Bertz CT molecular complexity index is 772. The summed E-state index contributed by atoms with van der Waals surface area (Å²) in [7, 11) is 0. The largest absolute Gasteiger partial charge is 0.376 e. The number of rotatable bonds is 7. The van der Waals surface area contributed by atoms with Gasteiger partial charge in [-0.2, -0.15) is 0 Å². The highest BCUT2D eigenvalue weighted by atomic mass is 19.1. The summed E-state index contributed by atoms with van der Waals surface area (Å²) in [5.74, 6) is 0.526. The third kappa shape index (κ3) is 4.60. The first kappa shape index (κ1) is 19.2. The van der Waals surface area contributed by atoms with Gasteiger partial charge in [0.2, 0.25) is 0 Å². The Hall–Kier alpha value is -2.54. The van der Waals surface area contributed by atoms with Crippen LogP contribution in [0.15, 0.2) is 30.5 Å². The predicted octanol–water partition coefficient (Wildman–Crippen LogP) is 3.04. The van der Waals surface area contributed by atoms with Gasteiger partial charge in [-0.25, -0.2) is 14.4 Å². The van der Waals surface area contributed by atoms with Gasteiger partial charge in [-0.15, -0.1) is 0 Å². The molecule has 1 atom stereocenters. The van der Waals surface area contributed by atoms with Crippen molar-refractivity contribution < 1.29 is 13.9 Å². The van der Waals surface area contributed by atoms with Gasteiger partial charge in [0.15, 0.2) is 5.82 Å². The van der Waals surface area contributed by atoms with E-state index in [9.17, 15) is 9.18 Å². The number of amides is 1. The van der Waals surface area contributed by atoms with Crippen molar-refractivity contribution in [3.8, 4) is 11.4 Å². The highest BCUT2D eigenvalue weighted by molar-refractivity contribution is 5.98. The van der Waals surface area contributed by atoms with E-state index in [1.165, 1.54) is 12.1 Å². The zero-order valence-electron chi connectivity index (χ0n) is 15.7. The van der Waals surface area contributed by atoms with E-state index in [1.807, 2.05) is 18.7 Å². The molecule has 6 nitrogen and oxygen atoms in total. The number of nitrogens with zero attached hydrogens (tertiary/aromatic N) is 3. The van der Waals surface area contributed by atoms with Gasteiger partial charge >= 0.3 is 0 Å². The van der Waals surface area contributed by atoms with Crippen LogP contribution in [0.3, 0.4) is 0 Å². The number of ether oxygens (including phenoxy) is 1. The third-order valence-electron chi connectivity index (χ3n) is 4.69. The third-order valence-corrected chi connectivity index (χ3v) is 4.69. The van der Waals surface area contributed by atoms with E-state index in [-0.39, 0.29) is 17.8 Å². The Morgan fingerprint density at radius 1 is 1.30 bits per heavy atom. The molecule has 144 valence electrons. The summed E-state index contributed by atoms with van der Waals surface area (Å²) < 4.78 is 18.7. The van der Waals surface area contributed by atoms with Crippen molar-refractivity contribution in [2.75, 3.05) is 31.1 Å². The quantitative estimate of drug-likeness (QED) is 0.809. The Kier molecular flexibility index (Phi) is 6.34. The van der Waals surface area contributed by atoms with Crippen LogP contribution in [0.1, 0.15) is 37.0 Å². The Balaban J connectivity index is 1.87. The zero-order chi connectivity index (χ0) is 19.2. The van der Waals surface area contributed by atoms with Crippen molar-refractivity contribution >= 4 is 11.7 Å². The van der Waals surface area contributed by atoms with E-state index in [4.69, 9.17) is 4.74 Å². The van der Waals surface area contributed by atoms with Crippen molar-refractivity contribution in [2.45, 2.75) is 32.8 Å². The molecular weight excluding hydrogens is 347 g/mol. The van der Waals surface area contributed by atoms with Gasteiger partial charge in [-0.3, -0.25) is 4.79 Å². The number of hydrogen-bond acceptors (Lipinski definition) is 5. The minimum absolute atomic E-state index is 0.0743. The van der Waals surface area contributed by atoms with Crippen molar-refractivity contribution in [3.63, 3.8) is 0 Å². The zero-order valence-corrected chi connectivity index (χ0v) is 15.7. The first-order valence-corrected chi connectivity index (χ1v) is 9.40. The summed E-state index contributed by atoms with van der Waals surface area (Å²) in [6, 6.07) is 6.01. The fraction of sp³-hybridized carbons (Fsp3) is 0.450. The summed E-state index contributed by atoms with van der Waals surface area (Å²) in [5, 5.41) is 2.93. The Morgan fingerprint density at radius 2 is 2.04 bits per heavy atom. The first-order chi connectivity index (χ1) is 13.1. The minimum atomic E-state index is -0.312. The van der Waals surface area contributed by atoms with Crippen LogP contribution < -0.4 is 10.2 Å². The maximum Gasteiger partial charge on any atom is 0.256 e. The molecule has 3 rings (SSSR count). The van der Waals surface area contributed by atoms with Gasteiger partial charge < -0.3 is 15.0 Å². The second kappa shape index (κ2) is 8.90. The molecule has 0 bridgehead atoms. The van der Waals surface area contributed by atoms with E-state index in [2.05, 4.69) is 15.3 Å². The molecule has 27 heavy (non-hydrogen) atoms. The molecule has 1 aliphatic rings. The molecule has 1 aromatic carbocycles. The average molecular weight is 372 g/mol. The second-order valence-corrected chi connectivity index (χ2v) is 6.46. The predicted molar refractivity (Wildman–Crippen MR) is 102 cm³/mol. The van der Waals surface area contributed by atoms with Crippen LogP contribution in [0.2, 0.25) is 0 Å². The molecule has 0 saturated carbocycles. The smallest absolute Gasteiger partial charge is 0.256 e. The SMILES string of the molecule is CCN(CC)c1nc(-c2ccc(F)cc2)ncc1C(=O)NCC1CCCO1. The molecule has 0 radical (unpaired) electrons. The van der Waals surface area contributed by atoms with Gasteiger partial charge in [0.1, 0.15) is 17.2 Å². The fourth-order valence-electron chi connectivity index (χ4n) is 3.14. The van der Waals surface area contributed by atoms with Crippen LogP contribution >= 0.6 is 0 Å². The standard InChI is InChI=1S/C20H25FN4O2/c1-3-25(4-2)19-17(20(26)23-12-16-6-5-11-27-16)13-22-18(24-19)14-7-9-15(21)10-8-14/h7-10,13,16H,3-6,11-12H2,1-2H3,(H,23,26). The minimum Gasteiger partial charge on any atom is -0.376 e. The lowest BCUT2D eigenvalue weighted by molar-refractivity contribution is 0.0857. The molecule has 1 amide bonds. The van der Waals surface area contributed by atoms with Crippen molar-refractivity contribution in [2.24, 2.45) is 0 Å². The molecule has 1 unspecified atom stereocenters. The Morgan fingerprint density at radius 3 is 2.67 bits per heavy atom. The fourth-order valence-corrected chi connectivity index (χ4v) is 3.14. The van der Waals surface area contributed by atoms with Crippen LogP contribution in [0.25, 0.3) is 11.4 Å². The van der Waals surface area contributed by atoms with Crippen LogP contribution in [0, 0.1) is 5.82 Å². The summed E-state index contributed by atoms with van der Waals surface area (Å²) in [6.45, 7) is 6.68. The molecule has 1 N–H and O–H groups in total. The van der Waals surface area contributed by atoms with Gasteiger partial charge in [0, 0.05) is 38.0 Å². The summed E-state index contributed by atoms with van der Waals surface area (Å²) in [6.07, 6.45) is 3.61. The van der Waals surface area contributed by atoms with Gasteiger partial charge in [-0.05, 0) is 51.0 Å². The molecule has 1 saturated heterocycles. The monoisotopic (exact) mass is 372 g/mol. The topological polar surface area (TPSA) is 67.4 Å². The van der Waals surface area contributed by atoms with Crippen LogP contribution in [-0.2, 0) is 4.74 Å². The molecule has 7 heteroatoms. The second-order valence-electron chi connectivity index (χ2n) is 6.46. The van der Waals surface area contributed by atoms with Gasteiger partial charge in [-0.1, -0.05) is 0 Å². The molecule has 0 spiro atoms. The maximum absolute atomic E-state index is 13.2. The van der Waals surface area contributed by atoms with Gasteiger partial charge in [0.25, 0.3) is 5.91 Å². The number of aromatic nitrogens is 2. The van der Waals surface area contributed by atoms with E-state index >= 15 is 0 Å². The normalized spacial score (nSPS) is 16.3. The van der Waals surface area contributed by atoms with Crippen molar-refractivity contribution in [3.05, 3.63) is 41.8 Å². The first-order valence-electron chi connectivity index (χ1n) is 9.40.